The van der Waals surface area contributed by atoms with Crippen LogP contribution >= 0.6 is 0 Å². The van der Waals surface area contributed by atoms with Crippen LogP contribution in [0.1, 0.15) is 0 Å². The monoisotopic (exact) mass is 370 g/mol. The summed E-state index contributed by atoms with van der Waals surface area (Å²) in [6, 6.07) is 0. The number of nitrogens with one attached hydrogen (secondary N) is 1. The van der Waals surface area contributed by atoms with Gasteiger partial charge in [0.1, 0.15) is 26.9 Å². The van der Waals surface area contributed by atoms with Crippen molar-refractivity contribution in [2.24, 2.45) is 0 Å². The van der Waals surface area contributed by atoms with Crippen LogP contribution < -0.4 is 15.1 Å². The van der Waals surface area contributed by atoms with Crippen molar-refractivity contribution in [2.45, 2.75) is 0 Å². The molecule has 0 unspecified atom stereocenters. The number of hydrogen-bond acceptors (Lipinski definition) is 11. The van der Waals surface area contributed by atoms with E-state index in [1.807, 2.05) is 0 Å². The van der Waals surface area contributed by atoms with Crippen molar-refractivity contribution >= 4 is 23.6 Å². The van der Waals surface area contributed by atoms with E-state index >= 15 is 0 Å². The molecule has 1 rings (SSSR count). The second-order valence-corrected chi connectivity index (χ2v) is 5.03. The summed E-state index contributed by atoms with van der Waals surface area (Å²) in [4.78, 5) is 28.1. The predicted octanol–water partition coefficient (Wildman–Crippen LogP) is 0.0670. The minimum atomic E-state index is -0.193. The largest absolute Gasteiger partial charge is 0.364 e. The van der Waals surface area contributed by atoms with Crippen LogP contribution in [0.4, 0.5) is 17.8 Å². The molecule has 11 nitrogen and oxygen atoms in total. The number of rotatable bonds is 14. The summed E-state index contributed by atoms with van der Waals surface area (Å²) in [5, 5.41) is 2.91. The van der Waals surface area contributed by atoms with E-state index in [9.17, 15) is 4.79 Å². The highest BCUT2D eigenvalue weighted by molar-refractivity contribution is 5.92. The van der Waals surface area contributed by atoms with Crippen molar-refractivity contribution in [3.8, 4) is 0 Å². The van der Waals surface area contributed by atoms with Gasteiger partial charge in [0.05, 0.1) is 6.54 Å². The molecule has 146 valence electrons. The topological polar surface area (TPSA) is 111 Å². The number of aromatic nitrogens is 3. The van der Waals surface area contributed by atoms with E-state index in [0.29, 0.717) is 5.95 Å². The molecule has 0 aliphatic carbocycles. The lowest BCUT2D eigenvalue weighted by Crippen LogP contribution is -2.35. The number of ketones is 1. The van der Waals surface area contributed by atoms with Gasteiger partial charge in [0.2, 0.25) is 17.8 Å². The molecule has 0 fully saturated rings. The summed E-state index contributed by atoms with van der Waals surface area (Å²) >= 11 is 0. The summed E-state index contributed by atoms with van der Waals surface area (Å²) in [6.45, 7) is 4.22. The number of methoxy groups -OCH3 is 4. The molecule has 1 N–H and O–H groups in total. The van der Waals surface area contributed by atoms with Gasteiger partial charge < -0.3 is 29.2 Å². The molecule has 1 heterocycles. The van der Waals surface area contributed by atoms with Gasteiger partial charge in [-0.2, -0.15) is 15.0 Å². The van der Waals surface area contributed by atoms with Gasteiger partial charge in [0.15, 0.2) is 5.78 Å². The lowest BCUT2D eigenvalue weighted by molar-refractivity contribution is -0.113. The first-order valence-corrected chi connectivity index (χ1v) is 7.70. The Bertz CT molecular complexity index is 567. The van der Waals surface area contributed by atoms with Gasteiger partial charge >= 0.3 is 0 Å². The van der Waals surface area contributed by atoms with Crippen molar-refractivity contribution in [3.63, 3.8) is 0 Å². The van der Waals surface area contributed by atoms with Crippen LogP contribution in [-0.2, 0) is 23.7 Å². The van der Waals surface area contributed by atoms with E-state index < -0.39 is 0 Å². The van der Waals surface area contributed by atoms with Crippen molar-refractivity contribution in [1.29, 1.82) is 0 Å². The molecule has 26 heavy (non-hydrogen) atoms. The zero-order valence-electron chi connectivity index (χ0n) is 15.6. The number of ether oxygens (including phenoxy) is 4. The molecular formula is C15H26N6O5. The zero-order valence-corrected chi connectivity index (χ0v) is 15.6. The molecule has 0 atom stereocenters. The third kappa shape index (κ3) is 6.88. The summed E-state index contributed by atoms with van der Waals surface area (Å²) in [6.07, 6.45) is 1.23. The van der Waals surface area contributed by atoms with Gasteiger partial charge in [-0.05, 0) is 6.08 Å². The highest BCUT2D eigenvalue weighted by Gasteiger charge is 2.18. The molecule has 0 aromatic carbocycles. The fraction of sp³-hybridized carbons (Fsp3) is 0.600. The van der Waals surface area contributed by atoms with Gasteiger partial charge in [-0.1, -0.05) is 6.58 Å². The van der Waals surface area contributed by atoms with Crippen LogP contribution in [0, 0.1) is 0 Å². The Kier molecular flexibility index (Phi) is 10.1. The number of anilines is 3. The normalized spacial score (nSPS) is 10.5. The Hall–Kier alpha value is -2.34. The van der Waals surface area contributed by atoms with Gasteiger partial charge in [-0.25, -0.2) is 0 Å². The number of hydrogen-bond donors (Lipinski definition) is 1. The van der Waals surface area contributed by atoms with Crippen LogP contribution in [0.5, 0.6) is 0 Å². The standard InChI is InChI=1S/C15H26N6O5/c1-6-12(22)7-20(9-24-3)14-17-13(16-8-23-2)18-15(19-14)21(10-25-4)11-26-5/h6H,1,7-11H2,2-5H3,(H,16,17,18,19). The van der Waals surface area contributed by atoms with Gasteiger partial charge in [0.25, 0.3) is 0 Å². The fourth-order valence-corrected chi connectivity index (χ4v) is 1.90. The maximum Gasteiger partial charge on any atom is 0.235 e. The maximum absolute atomic E-state index is 11.8. The van der Waals surface area contributed by atoms with Gasteiger partial charge in [0, 0.05) is 28.4 Å². The predicted molar refractivity (Wildman–Crippen MR) is 96.0 cm³/mol. The molecule has 0 saturated carbocycles. The van der Waals surface area contributed by atoms with E-state index in [4.69, 9.17) is 18.9 Å². The molecule has 11 heteroatoms. The molecule has 0 amide bonds. The third-order valence-electron chi connectivity index (χ3n) is 2.98. The molecule has 0 spiro atoms. The number of carbonyl (C=O) groups excluding carboxylic acids is 1. The number of nitrogens with zero attached hydrogens (tertiary/aromatic N) is 5. The second kappa shape index (κ2) is 12.1. The summed E-state index contributed by atoms with van der Waals surface area (Å²) in [5.74, 6) is 0.643. The molecule has 1 aromatic heterocycles. The second-order valence-electron chi connectivity index (χ2n) is 5.03. The first kappa shape index (κ1) is 21.7. The molecule has 0 aliphatic rings. The highest BCUT2D eigenvalue weighted by atomic mass is 16.5. The third-order valence-corrected chi connectivity index (χ3v) is 2.98. The quantitative estimate of drug-likeness (QED) is 0.354. The van der Waals surface area contributed by atoms with Crippen LogP contribution in [0.25, 0.3) is 0 Å². The lowest BCUT2D eigenvalue weighted by Gasteiger charge is -2.24. The molecular weight excluding hydrogens is 344 g/mol. The Morgan fingerprint density at radius 3 is 2.00 bits per heavy atom. The average molecular weight is 370 g/mol. The van der Waals surface area contributed by atoms with Gasteiger partial charge in [-0.15, -0.1) is 0 Å². The van der Waals surface area contributed by atoms with E-state index in [-0.39, 0.29) is 51.1 Å². The van der Waals surface area contributed by atoms with Crippen LogP contribution in [0.3, 0.4) is 0 Å². The molecule has 1 aromatic rings. The van der Waals surface area contributed by atoms with E-state index in [1.165, 1.54) is 20.3 Å². The SMILES string of the molecule is C=CC(=O)CN(COC)c1nc(NCOC)nc(N(COC)COC)n1. The Morgan fingerprint density at radius 1 is 0.962 bits per heavy atom. The van der Waals surface area contributed by atoms with Crippen LogP contribution in [-0.4, -0.2) is 82.6 Å². The summed E-state index contributed by atoms with van der Waals surface area (Å²) in [7, 11) is 6.15. The maximum atomic E-state index is 11.8. The lowest BCUT2D eigenvalue weighted by atomic mass is 10.4. The summed E-state index contributed by atoms with van der Waals surface area (Å²) < 4.78 is 20.5. The highest BCUT2D eigenvalue weighted by Crippen LogP contribution is 2.17. The number of carbonyl (C=O) groups is 1. The molecule has 0 bridgehead atoms. The van der Waals surface area contributed by atoms with Gasteiger partial charge in [-0.3, -0.25) is 9.69 Å². The average Bonchev–Trinajstić information content (AvgIpc) is 2.65. The minimum absolute atomic E-state index is 0.0130. The van der Waals surface area contributed by atoms with Crippen LogP contribution in [0.2, 0.25) is 0 Å². The first-order valence-electron chi connectivity index (χ1n) is 7.70. The van der Waals surface area contributed by atoms with E-state index in [0.717, 1.165) is 0 Å². The van der Waals surface area contributed by atoms with Crippen molar-refractivity contribution < 1.29 is 23.7 Å². The molecule has 0 aliphatic heterocycles. The van der Waals surface area contributed by atoms with Crippen LogP contribution in [0.15, 0.2) is 12.7 Å². The molecule has 0 radical (unpaired) electrons. The molecule has 0 saturated heterocycles. The van der Waals surface area contributed by atoms with E-state index in [2.05, 4.69) is 26.8 Å². The Morgan fingerprint density at radius 2 is 1.50 bits per heavy atom. The van der Waals surface area contributed by atoms with Crippen molar-refractivity contribution in [2.75, 3.05) is 77.0 Å². The van der Waals surface area contributed by atoms with E-state index in [1.54, 1.807) is 24.0 Å². The Labute approximate surface area is 152 Å². The first-order chi connectivity index (χ1) is 12.6. The van der Waals surface area contributed by atoms with Crippen molar-refractivity contribution in [1.82, 2.24) is 15.0 Å². The minimum Gasteiger partial charge on any atom is -0.364 e. The van der Waals surface area contributed by atoms with Crippen molar-refractivity contribution in [3.05, 3.63) is 12.7 Å². The zero-order chi connectivity index (χ0) is 19.4. The smallest absolute Gasteiger partial charge is 0.235 e. The Balaban J connectivity index is 3.26. The summed E-state index contributed by atoms with van der Waals surface area (Å²) in [5.41, 5.74) is 0. The fourth-order valence-electron chi connectivity index (χ4n) is 1.90.